The van der Waals surface area contributed by atoms with E-state index in [0.717, 1.165) is 0 Å². The number of imidazole rings is 1. The predicted molar refractivity (Wildman–Crippen MR) is 86.1 cm³/mol. The van der Waals surface area contributed by atoms with E-state index in [9.17, 15) is 15.1 Å². The van der Waals surface area contributed by atoms with Crippen LogP contribution in [-0.2, 0) is 4.74 Å². The predicted octanol–water partition coefficient (Wildman–Crippen LogP) is -0.151. The number of aromatic amines is 1. The monoisotopic (exact) mass is 350 g/mol. The summed E-state index contributed by atoms with van der Waals surface area (Å²) in [5.41, 5.74) is 4.18. The lowest BCUT2D eigenvalue weighted by Crippen LogP contribution is -2.46. The van der Waals surface area contributed by atoms with Crippen LogP contribution >= 0.6 is 12.2 Å². The molecule has 0 spiro atoms. The number of aromatic nitrogens is 4. The fourth-order valence-electron chi connectivity index (χ4n) is 2.73. The lowest BCUT2D eigenvalue weighted by atomic mass is 9.92. The number of nitrogen functional groups attached to an aromatic ring is 1. The Bertz CT molecular complexity index is 904. The van der Waals surface area contributed by atoms with Crippen LogP contribution in [-0.4, -0.2) is 53.6 Å². The first kappa shape index (κ1) is 16.5. The van der Waals surface area contributed by atoms with E-state index < -0.39 is 30.1 Å². The number of terminal acetylenes is 1. The summed E-state index contributed by atoms with van der Waals surface area (Å²) in [6, 6.07) is -0.926. The van der Waals surface area contributed by atoms with Gasteiger partial charge in [-0.2, -0.15) is 4.91 Å². The molecule has 0 radical (unpaired) electrons. The fourth-order valence-corrected chi connectivity index (χ4v) is 2.97. The minimum Gasteiger partial charge on any atom is -0.386 e. The molecule has 126 valence electrons. The van der Waals surface area contributed by atoms with Crippen LogP contribution in [0.5, 0.6) is 0 Å². The zero-order valence-electron chi connectivity index (χ0n) is 12.4. The maximum Gasteiger partial charge on any atom is 0.200 e. The molecule has 11 heteroatoms. The zero-order chi connectivity index (χ0) is 17.6. The number of nitrogens with zero attached hydrogens (tertiary/aromatic N) is 4. The highest BCUT2D eigenvalue weighted by atomic mass is 32.1. The Morgan fingerprint density at radius 2 is 2.42 bits per heavy atom. The first-order valence-corrected chi connectivity index (χ1v) is 7.32. The van der Waals surface area contributed by atoms with E-state index in [2.05, 4.69) is 26.0 Å². The summed E-state index contributed by atoms with van der Waals surface area (Å²) in [6.45, 7) is 1.45. The number of nitrogens with two attached hydrogens (primary N) is 1. The zero-order valence-corrected chi connectivity index (χ0v) is 13.3. The van der Waals surface area contributed by atoms with Crippen LogP contribution in [0.2, 0.25) is 0 Å². The van der Waals surface area contributed by atoms with E-state index in [1.807, 2.05) is 0 Å². The van der Waals surface area contributed by atoms with Gasteiger partial charge in [-0.25, -0.2) is 9.97 Å². The summed E-state index contributed by atoms with van der Waals surface area (Å²) in [5, 5.41) is 23.9. The van der Waals surface area contributed by atoms with Crippen molar-refractivity contribution in [1.82, 2.24) is 19.5 Å². The highest BCUT2D eigenvalue weighted by Crippen LogP contribution is 2.40. The molecule has 0 aliphatic carbocycles. The Hall–Kier alpha value is -2.39. The van der Waals surface area contributed by atoms with Gasteiger partial charge in [0.2, 0.25) is 0 Å². The van der Waals surface area contributed by atoms with Gasteiger partial charge < -0.3 is 25.7 Å². The van der Waals surface area contributed by atoms with Crippen LogP contribution in [0, 0.1) is 21.9 Å². The number of aliphatic hydroxyl groups excluding tert-OH is 1. The molecule has 0 aromatic carbocycles. The van der Waals surface area contributed by atoms with Crippen molar-refractivity contribution in [3.63, 3.8) is 0 Å². The Balaban J connectivity index is 2.16. The number of anilines is 1. The molecule has 2 aromatic rings. The summed E-state index contributed by atoms with van der Waals surface area (Å²) in [6.07, 6.45) is 2.88. The summed E-state index contributed by atoms with van der Waals surface area (Å²) >= 11 is 5.09. The standard InChI is InChI=1S/C13H14N6O4S/c1-3-13(21)8(20)7(5(2)18-22)23-11(13)19-4-15-6-9(19)16-12(14)17-10(6)24/h1,4-5,7-8,11,20-21H,2H3,(H3,14,16,17,24)/t5-,7+,8?,11+,13+/m0/s1. The molecule has 1 saturated heterocycles. The van der Waals surface area contributed by atoms with Crippen LogP contribution < -0.4 is 5.73 Å². The van der Waals surface area contributed by atoms with E-state index >= 15 is 0 Å². The van der Waals surface area contributed by atoms with Gasteiger partial charge in [0, 0.05) is 0 Å². The number of hydrogen-bond donors (Lipinski definition) is 4. The normalized spacial score (nSPS) is 31.0. The number of rotatable bonds is 3. The van der Waals surface area contributed by atoms with Crippen molar-refractivity contribution < 1.29 is 14.9 Å². The summed E-state index contributed by atoms with van der Waals surface area (Å²) in [4.78, 5) is 21.5. The molecule has 3 rings (SSSR count). The molecule has 1 unspecified atom stereocenters. The molecule has 10 nitrogen and oxygen atoms in total. The van der Waals surface area contributed by atoms with Gasteiger partial charge >= 0.3 is 0 Å². The molecule has 2 aromatic heterocycles. The van der Waals surface area contributed by atoms with E-state index in [1.54, 1.807) is 0 Å². The third kappa shape index (κ3) is 2.20. The molecule has 24 heavy (non-hydrogen) atoms. The molecule has 3 heterocycles. The quantitative estimate of drug-likeness (QED) is 0.339. The molecule has 1 aliphatic heterocycles. The van der Waals surface area contributed by atoms with Crippen molar-refractivity contribution in [2.45, 2.75) is 37.0 Å². The Morgan fingerprint density at radius 1 is 1.71 bits per heavy atom. The molecule has 5 atom stereocenters. The second-order valence-electron chi connectivity index (χ2n) is 5.49. The van der Waals surface area contributed by atoms with E-state index in [4.69, 9.17) is 29.1 Å². The molecule has 0 bridgehead atoms. The second kappa shape index (κ2) is 5.60. The van der Waals surface area contributed by atoms with Crippen LogP contribution in [0.3, 0.4) is 0 Å². The van der Waals surface area contributed by atoms with Crippen LogP contribution in [0.4, 0.5) is 5.95 Å². The van der Waals surface area contributed by atoms with Crippen LogP contribution in [0.1, 0.15) is 13.2 Å². The Labute approximate surface area is 140 Å². The lowest BCUT2D eigenvalue weighted by Gasteiger charge is -2.26. The van der Waals surface area contributed by atoms with Gasteiger partial charge in [0.1, 0.15) is 29.4 Å². The minimum absolute atomic E-state index is 0.0384. The SMILES string of the molecule is C#C[C@@]1(O)C(O)[C@@H]([C@H](C)N=O)O[C@H]1n1cnc2c(=S)nc(N)[nH]c21. The van der Waals surface area contributed by atoms with Crippen molar-refractivity contribution in [3.8, 4) is 12.3 Å². The third-order valence-corrected chi connectivity index (χ3v) is 4.30. The second-order valence-corrected chi connectivity index (χ2v) is 5.88. The molecular formula is C13H14N6O4S. The topological polar surface area (TPSA) is 152 Å². The number of fused-ring (bicyclic) bond motifs is 1. The van der Waals surface area contributed by atoms with Crippen LogP contribution in [0.25, 0.3) is 11.2 Å². The molecular weight excluding hydrogens is 336 g/mol. The fraction of sp³-hybridized carbons (Fsp3) is 0.462. The third-order valence-electron chi connectivity index (χ3n) is 4.02. The molecule has 5 N–H and O–H groups in total. The number of nitroso groups, excluding NO2 is 1. The van der Waals surface area contributed by atoms with Gasteiger partial charge in [0.15, 0.2) is 22.4 Å². The average molecular weight is 350 g/mol. The van der Waals surface area contributed by atoms with Gasteiger partial charge in [0.05, 0.1) is 6.33 Å². The number of aliphatic hydroxyl groups is 2. The summed E-state index contributed by atoms with van der Waals surface area (Å²) < 4.78 is 7.14. The van der Waals surface area contributed by atoms with Crippen molar-refractivity contribution >= 4 is 29.3 Å². The highest BCUT2D eigenvalue weighted by molar-refractivity contribution is 7.71. The minimum atomic E-state index is -2.11. The van der Waals surface area contributed by atoms with Crippen LogP contribution in [0.15, 0.2) is 11.5 Å². The van der Waals surface area contributed by atoms with Gasteiger partial charge in [-0.1, -0.05) is 23.3 Å². The molecule has 0 amide bonds. The summed E-state index contributed by atoms with van der Waals surface area (Å²) in [7, 11) is 0. The smallest absolute Gasteiger partial charge is 0.200 e. The van der Waals surface area contributed by atoms with Crippen molar-refractivity contribution in [1.29, 1.82) is 0 Å². The van der Waals surface area contributed by atoms with Gasteiger partial charge in [0.25, 0.3) is 0 Å². The largest absolute Gasteiger partial charge is 0.386 e. The van der Waals surface area contributed by atoms with Crippen molar-refractivity contribution in [3.05, 3.63) is 15.9 Å². The van der Waals surface area contributed by atoms with Gasteiger partial charge in [-0.05, 0) is 6.92 Å². The lowest BCUT2D eigenvalue weighted by molar-refractivity contribution is -0.0694. The molecule has 1 aliphatic rings. The first-order valence-electron chi connectivity index (χ1n) is 6.92. The summed E-state index contributed by atoms with van der Waals surface area (Å²) in [5.74, 6) is 2.17. The number of nitrogens with one attached hydrogen (secondary N) is 1. The number of H-pyrrole nitrogens is 1. The van der Waals surface area contributed by atoms with Crippen molar-refractivity contribution in [2.75, 3.05) is 5.73 Å². The molecule has 0 saturated carbocycles. The van der Waals surface area contributed by atoms with Gasteiger partial charge in [-0.3, -0.25) is 4.57 Å². The highest BCUT2D eigenvalue weighted by Gasteiger charge is 2.57. The molecule has 1 fully saturated rings. The average Bonchev–Trinajstić information content (AvgIpc) is 3.07. The van der Waals surface area contributed by atoms with E-state index in [0.29, 0.717) is 11.2 Å². The Kier molecular flexibility index (Phi) is 3.84. The van der Waals surface area contributed by atoms with Gasteiger partial charge in [-0.15, -0.1) is 6.42 Å². The Morgan fingerprint density at radius 3 is 3.04 bits per heavy atom. The van der Waals surface area contributed by atoms with E-state index in [1.165, 1.54) is 17.8 Å². The number of ether oxygens (including phenoxy) is 1. The number of hydrogen-bond acceptors (Lipinski definition) is 9. The van der Waals surface area contributed by atoms with Crippen molar-refractivity contribution in [2.24, 2.45) is 5.18 Å². The first-order chi connectivity index (χ1) is 11.3. The maximum absolute atomic E-state index is 10.8. The van der Waals surface area contributed by atoms with E-state index in [-0.39, 0.29) is 10.6 Å². The maximum atomic E-state index is 10.8.